The van der Waals surface area contributed by atoms with Crippen molar-refractivity contribution in [2.24, 2.45) is 0 Å². The zero-order chi connectivity index (χ0) is 19.3. The molecule has 1 aromatic heterocycles. The fourth-order valence-corrected chi connectivity index (χ4v) is 4.48. The zero-order valence-electron chi connectivity index (χ0n) is 14.7. The Kier molecular flexibility index (Phi) is 3.93. The maximum absolute atomic E-state index is 12.5. The van der Waals surface area contributed by atoms with E-state index in [9.17, 15) is 18.0 Å². The highest BCUT2D eigenvalue weighted by Gasteiger charge is 2.31. The van der Waals surface area contributed by atoms with Crippen molar-refractivity contribution in [3.05, 3.63) is 46.3 Å². The van der Waals surface area contributed by atoms with Gasteiger partial charge in [0.15, 0.2) is 0 Å². The summed E-state index contributed by atoms with van der Waals surface area (Å²) >= 11 is 0. The van der Waals surface area contributed by atoms with Crippen molar-refractivity contribution in [2.45, 2.75) is 18.2 Å². The Balaban J connectivity index is 1.88. The van der Waals surface area contributed by atoms with Crippen molar-refractivity contribution < 1.29 is 22.7 Å². The van der Waals surface area contributed by atoms with E-state index in [2.05, 4.69) is 15.0 Å². The van der Waals surface area contributed by atoms with Crippen molar-refractivity contribution in [1.82, 2.24) is 9.71 Å². The van der Waals surface area contributed by atoms with Crippen molar-refractivity contribution in [1.29, 1.82) is 0 Å². The van der Waals surface area contributed by atoms with Gasteiger partial charge < -0.3 is 15.0 Å². The number of hydrogen-bond donors (Lipinski definition) is 3. The molecule has 0 unspecified atom stereocenters. The first-order chi connectivity index (χ1) is 12.8. The Hall–Kier alpha value is -2.91. The third kappa shape index (κ3) is 2.66. The number of rotatable bonds is 3. The van der Waals surface area contributed by atoms with Gasteiger partial charge in [0.2, 0.25) is 10.0 Å². The third-order valence-corrected chi connectivity index (χ3v) is 6.41. The second-order valence-corrected chi connectivity index (χ2v) is 8.17. The van der Waals surface area contributed by atoms with Gasteiger partial charge in [-0.2, -0.15) is 0 Å². The number of anilines is 1. The van der Waals surface area contributed by atoms with E-state index < -0.39 is 16.0 Å². The molecule has 27 heavy (non-hydrogen) atoms. The summed E-state index contributed by atoms with van der Waals surface area (Å²) in [6, 6.07) is 3.04. The monoisotopic (exact) mass is 387 g/mol. The third-order valence-electron chi connectivity index (χ3n) is 4.85. The molecule has 0 saturated carbocycles. The predicted molar refractivity (Wildman–Crippen MR) is 98.7 cm³/mol. The molecule has 0 saturated heterocycles. The number of ether oxygens (including phenoxy) is 1. The SMILES string of the molecule is CNS(=O)(=O)c1ccc2c(c1C)/C(=C/c1[nH]cc3c1CCOC3=O)C(=O)N2. The van der Waals surface area contributed by atoms with Crippen LogP contribution in [0.25, 0.3) is 11.6 Å². The fourth-order valence-electron chi connectivity index (χ4n) is 3.50. The highest BCUT2D eigenvalue weighted by atomic mass is 32.2. The maximum Gasteiger partial charge on any atom is 0.339 e. The number of amides is 1. The van der Waals surface area contributed by atoms with Crippen LogP contribution in [0.1, 0.15) is 32.7 Å². The van der Waals surface area contributed by atoms with Crippen LogP contribution >= 0.6 is 0 Å². The molecule has 1 amide bonds. The van der Waals surface area contributed by atoms with Crippen LogP contribution in [0.3, 0.4) is 0 Å². The summed E-state index contributed by atoms with van der Waals surface area (Å²) in [5.41, 5.74) is 3.80. The zero-order valence-corrected chi connectivity index (χ0v) is 15.5. The van der Waals surface area contributed by atoms with Crippen LogP contribution in [0.5, 0.6) is 0 Å². The number of carbonyl (C=O) groups excluding carboxylic acids is 2. The summed E-state index contributed by atoms with van der Waals surface area (Å²) in [4.78, 5) is 27.5. The van der Waals surface area contributed by atoms with Gasteiger partial charge in [-0.25, -0.2) is 17.9 Å². The first kappa shape index (κ1) is 17.5. The molecule has 0 fully saturated rings. The van der Waals surface area contributed by atoms with Crippen LogP contribution < -0.4 is 10.0 Å². The van der Waals surface area contributed by atoms with Gasteiger partial charge in [-0.3, -0.25) is 4.79 Å². The van der Waals surface area contributed by atoms with E-state index in [-0.39, 0.29) is 17.4 Å². The van der Waals surface area contributed by atoms with E-state index in [0.29, 0.717) is 40.1 Å². The molecule has 2 aromatic rings. The highest BCUT2D eigenvalue weighted by molar-refractivity contribution is 7.89. The second kappa shape index (κ2) is 6.07. The second-order valence-electron chi connectivity index (χ2n) is 6.31. The number of esters is 1. The summed E-state index contributed by atoms with van der Waals surface area (Å²) in [6.45, 7) is 1.95. The Bertz CT molecular complexity index is 1130. The minimum atomic E-state index is -3.66. The number of carbonyl (C=O) groups is 2. The summed E-state index contributed by atoms with van der Waals surface area (Å²) < 4.78 is 31.8. The van der Waals surface area contributed by atoms with Gasteiger partial charge >= 0.3 is 5.97 Å². The maximum atomic E-state index is 12.5. The van der Waals surface area contributed by atoms with Crippen LogP contribution in [0.2, 0.25) is 0 Å². The van der Waals surface area contributed by atoms with Gasteiger partial charge in [-0.05, 0) is 43.3 Å². The van der Waals surface area contributed by atoms with Crippen LogP contribution in [0.15, 0.2) is 23.2 Å². The van der Waals surface area contributed by atoms with Gasteiger partial charge in [0.25, 0.3) is 5.91 Å². The van der Waals surface area contributed by atoms with E-state index in [1.54, 1.807) is 25.3 Å². The Labute approximate surface area is 155 Å². The fraction of sp³-hybridized carbons (Fsp3) is 0.222. The number of aromatic amines is 1. The molecule has 8 nitrogen and oxygen atoms in total. The molecule has 0 atom stereocenters. The van der Waals surface area contributed by atoms with Crippen molar-refractivity contribution in [3.63, 3.8) is 0 Å². The molecular formula is C18H17N3O5S. The molecule has 2 aliphatic heterocycles. The Morgan fingerprint density at radius 1 is 1.26 bits per heavy atom. The lowest BCUT2D eigenvalue weighted by Gasteiger charge is -2.13. The first-order valence-corrected chi connectivity index (χ1v) is 9.79. The normalized spacial score (nSPS) is 17.5. The quantitative estimate of drug-likeness (QED) is 0.544. The summed E-state index contributed by atoms with van der Waals surface area (Å²) in [7, 11) is -2.32. The first-order valence-electron chi connectivity index (χ1n) is 8.31. The molecule has 0 spiro atoms. The lowest BCUT2D eigenvalue weighted by molar-refractivity contribution is -0.110. The number of cyclic esters (lactones) is 1. The van der Waals surface area contributed by atoms with Crippen LogP contribution in [-0.4, -0.2) is 38.9 Å². The van der Waals surface area contributed by atoms with Gasteiger partial charge in [-0.15, -0.1) is 0 Å². The van der Waals surface area contributed by atoms with E-state index in [1.807, 2.05) is 0 Å². The molecule has 0 aliphatic carbocycles. The van der Waals surface area contributed by atoms with E-state index in [4.69, 9.17) is 4.74 Å². The lowest BCUT2D eigenvalue weighted by Crippen LogP contribution is -2.20. The number of nitrogens with one attached hydrogen (secondary N) is 3. The van der Waals surface area contributed by atoms with Crippen LogP contribution in [-0.2, 0) is 26.0 Å². The lowest BCUT2D eigenvalue weighted by atomic mass is 9.98. The molecule has 0 bridgehead atoms. The van der Waals surface area contributed by atoms with Crippen LogP contribution in [0.4, 0.5) is 5.69 Å². The van der Waals surface area contributed by atoms with Gasteiger partial charge in [0.05, 0.1) is 22.6 Å². The van der Waals surface area contributed by atoms with E-state index >= 15 is 0 Å². The number of hydrogen-bond acceptors (Lipinski definition) is 5. The highest BCUT2D eigenvalue weighted by Crippen LogP contribution is 2.38. The minimum absolute atomic E-state index is 0.114. The van der Waals surface area contributed by atoms with Crippen LogP contribution in [0, 0.1) is 6.92 Å². The molecule has 2 aliphatic rings. The van der Waals surface area contributed by atoms with Crippen molar-refractivity contribution in [3.8, 4) is 0 Å². The Morgan fingerprint density at radius 3 is 2.78 bits per heavy atom. The molecular weight excluding hydrogens is 370 g/mol. The topological polar surface area (TPSA) is 117 Å². The summed E-state index contributed by atoms with van der Waals surface area (Å²) in [5, 5.41) is 2.76. The summed E-state index contributed by atoms with van der Waals surface area (Å²) in [6.07, 6.45) is 3.76. The number of sulfonamides is 1. The van der Waals surface area contributed by atoms with Gasteiger partial charge in [0, 0.05) is 29.6 Å². The average Bonchev–Trinajstić information content (AvgIpc) is 3.18. The van der Waals surface area contributed by atoms with Gasteiger partial charge in [0.1, 0.15) is 0 Å². The van der Waals surface area contributed by atoms with Crippen molar-refractivity contribution in [2.75, 3.05) is 19.0 Å². The predicted octanol–water partition coefficient (Wildman–Crippen LogP) is 1.44. The Morgan fingerprint density at radius 2 is 2.04 bits per heavy atom. The van der Waals surface area contributed by atoms with E-state index in [1.165, 1.54) is 13.1 Å². The molecule has 3 heterocycles. The minimum Gasteiger partial charge on any atom is -0.462 e. The molecule has 140 valence electrons. The standard InChI is InChI=1S/C18H17N3O5S/c1-9-15(27(24,25)19-2)4-3-13-16(9)11(17(22)21-13)7-14-10-5-6-26-18(23)12(10)8-20-14/h3-4,7-8,19-20H,5-6H2,1-2H3,(H,21,22)/b11-7-. The average molecular weight is 387 g/mol. The largest absolute Gasteiger partial charge is 0.462 e. The molecule has 3 N–H and O–H groups in total. The molecule has 4 rings (SSSR count). The number of benzene rings is 1. The molecule has 9 heteroatoms. The molecule has 1 aromatic carbocycles. The number of aromatic nitrogens is 1. The summed E-state index contributed by atoms with van der Waals surface area (Å²) in [5.74, 6) is -0.721. The van der Waals surface area contributed by atoms with Gasteiger partial charge in [-0.1, -0.05) is 0 Å². The van der Waals surface area contributed by atoms with E-state index in [0.717, 1.165) is 5.56 Å². The smallest absolute Gasteiger partial charge is 0.339 e. The van der Waals surface area contributed by atoms with Crippen molar-refractivity contribution >= 4 is 39.2 Å². The number of H-pyrrole nitrogens is 1. The number of fused-ring (bicyclic) bond motifs is 2. The molecule has 0 radical (unpaired) electrons.